The highest BCUT2D eigenvalue weighted by Gasteiger charge is 2.34. The molecule has 0 aliphatic heterocycles. The van der Waals surface area contributed by atoms with Crippen LogP contribution < -0.4 is 0 Å². The fraction of sp³-hybridized carbons (Fsp3) is 0.182. The molecule has 1 radical (unpaired) electrons. The highest BCUT2D eigenvalue weighted by atomic mass is 35.5. The molecule has 0 saturated heterocycles. The molecular formula is C11H7ClF3N2. The predicted octanol–water partition coefficient (Wildman–Crippen LogP) is 3.47. The van der Waals surface area contributed by atoms with Crippen molar-refractivity contribution in [1.82, 2.24) is 10.2 Å². The van der Waals surface area contributed by atoms with E-state index in [1.54, 1.807) is 18.2 Å². The lowest BCUT2D eigenvalue weighted by Gasteiger charge is -2.06. The Morgan fingerprint density at radius 2 is 2.12 bits per heavy atom. The lowest BCUT2D eigenvalue weighted by atomic mass is 10.1. The minimum absolute atomic E-state index is 0.0480. The first kappa shape index (κ1) is 12.0. The molecule has 0 bridgehead atoms. The highest BCUT2D eigenvalue weighted by molar-refractivity contribution is 6.30. The van der Waals surface area contributed by atoms with E-state index in [1.165, 1.54) is 0 Å². The van der Waals surface area contributed by atoms with Gasteiger partial charge in [-0.3, -0.25) is 5.10 Å². The molecule has 1 heterocycles. The van der Waals surface area contributed by atoms with Crippen LogP contribution >= 0.6 is 11.6 Å². The third-order valence-electron chi connectivity index (χ3n) is 2.21. The van der Waals surface area contributed by atoms with Crippen LogP contribution in [0.2, 0.25) is 5.02 Å². The van der Waals surface area contributed by atoms with Crippen molar-refractivity contribution in [2.45, 2.75) is 12.6 Å². The van der Waals surface area contributed by atoms with Gasteiger partial charge in [0.25, 0.3) is 0 Å². The van der Waals surface area contributed by atoms with Gasteiger partial charge in [-0.1, -0.05) is 17.7 Å². The summed E-state index contributed by atoms with van der Waals surface area (Å²) in [6.45, 7) is 0. The van der Waals surface area contributed by atoms with Crippen molar-refractivity contribution in [1.29, 1.82) is 0 Å². The number of halogens is 4. The molecule has 89 valence electrons. The number of rotatable bonds is 2. The molecule has 0 aliphatic rings. The van der Waals surface area contributed by atoms with Crippen LogP contribution in [0.1, 0.15) is 16.8 Å². The second-order valence-electron chi connectivity index (χ2n) is 3.48. The molecule has 6 heteroatoms. The number of hydrogen-bond acceptors (Lipinski definition) is 1. The highest BCUT2D eigenvalue weighted by Crippen LogP contribution is 2.31. The summed E-state index contributed by atoms with van der Waals surface area (Å²) in [4.78, 5) is 0. The number of H-pyrrole nitrogens is 1. The zero-order chi connectivity index (χ0) is 12.5. The Morgan fingerprint density at radius 3 is 2.76 bits per heavy atom. The average Bonchev–Trinajstić information content (AvgIpc) is 2.65. The minimum Gasteiger partial charge on any atom is -0.285 e. The second kappa shape index (κ2) is 4.41. The fourth-order valence-corrected chi connectivity index (χ4v) is 1.69. The van der Waals surface area contributed by atoms with Gasteiger partial charge in [-0.2, -0.15) is 18.3 Å². The van der Waals surface area contributed by atoms with Gasteiger partial charge < -0.3 is 0 Å². The second-order valence-corrected chi connectivity index (χ2v) is 3.92. The summed E-state index contributed by atoms with van der Waals surface area (Å²) in [7, 11) is 0. The van der Waals surface area contributed by atoms with Crippen LogP contribution in [0.3, 0.4) is 0 Å². The molecule has 0 saturated carbocycles. The molecule has 2 rings (SSSR count). The quantitative estimate of drug-likeness (QED) is 0.879. The summed E-state index contributed by atoms with van der Waals surface area (Å²) in [5, 5.41) is 6.27. The third kappa shape index (κ3) is 2.79. The third-order valence-corrected chi connectivity index (χ3v) is 2.43. The Balaban J connectivity index is 2.28. The van der Waals surface area contributed by atoms with Crippen LogP contribution in [0.4, 0.5) is 13.2 Å². The molecule has 1 aromatic carbocycles. The molecule has 17 heavy (non-hydrogen) atoms. The lowest BCUT2D eigenvalue weighted by molar-refractivity contribution is -0.138. The normalized spacial score (nSPS) is 11.8. The largest absolute Gasteiger partial charge is 0.419 e. The Morgan fingerprint density at radius 1 is 1.35 bits per heavy atom. The van der Waals surface area contributed by atoms with Crippen molar-refractivity contribution in [3.8, 4) is 0 Å². The van der Waals surface area contributed by atoms with Crippen LogP contribution in [0, 0.1) is 6.07 Å². The van der Waals surface area contributed by atoms with Gasteiger partial charge in [0.15, 0.2) is 0 Å². The van der Waals surface area contributed by atoms with Crippen molar-refractivity contribution in [3.63, 3.8) is 0 Å². The number of hydrogen-bond donors (Lipinski definition) is 1. The van der Waals surface area contributed by atoms with E-state index in [-0.39, 0.29) is 12.1 Å². The molecule has 1 N–H and O–H groups in total. The Hall–Kier alpha value is -1.49. The summed E-state index contributed by atoms with van der Waals surface area (Å²) >= 11 is 5.73. The molecule has 1 aromatic heterocycles. The summed E-state index contributed by atoms with van der Waals surface area (Å²) in [5.41, 5.74) is -0.166. The van der Waals surface area contributed by atoms with Crippen molar-refractivity contribution < 1.29 is 13.2 Å². The van der Waals surface area contributed by atoms with Gasteiger partial charge >= 0.3 is 6.18 Å². The van der Waals surface area contributed by atoms with Crippen LogP contribution in [0.25, 0.3) is 0 Å². The van der Waals surface area contributed by atoms with Gasteiger partial charge in [0.05, 0.1) is 11.3 Å². The number of nitrogens with one attached hydrogen (secondary N) is 1. The first-order valence-electron chi connectivity index (χ1n) is 4.72. The average molecular weight is 260 g/mol. The van der Waals surface area contributed by atoms with E-state index in [0.717, 1.165) is 6.20 Å². The van der Waals surface area contributed by atoms with E-state index in [9.17, 15) is 13.2 Å². The number of aromatic amines is 1. The molecule has 0 unspecified atom stereocenters. The van der Waals surface area contributed by atoms with E-state index in [1.807, 2.05) is 0 Å². The van der Waals surface area contributed by atoms with Crippen molar-refractivity contribution in [2.75, 3.05) is 0 Å². The first-order valence-corrected chi connectivity index (χ1v) is 5.10. The SMILES string of the molecule is FC(F)(F)c1c[nH]nc1Cc1c[c]cc(Cl)c1. The number of benzene rings is 1. The van der Waals surface area contributed by atoms with Gasteiger partial charge in [-0.25, -0.2) is 0 Å². The van der Waals surface area contributed by atoms with Crippen LogP contribution in [0.15, 0.2) is 24.4 Å². The fourth-order valence-electron chi connectivity index (χ4n) is 1.48. The first-order chi connectivity index (χ1) is 7.97. The number of aromatic nitrogens is 2. The minimum atomic E-state index is -4.40. The Kier molecular flexibility index (Phi) is 3.11. The summed E-state index contributed by atoms with van der Waals surface area (Å²) in [6.07, 6.45) is -3.48. The molecule has 2 aromatic rings. The van der Waals surface area contributed by atoms with Crippen molar-refractivity contribution in [2.24, 2.45) is 0 Å². The smallest absolute Gasteiger partial charge is 0.285 e. The number of nitrogens with zero attached hydrogens (tertiary/aromatic N) is 1. The van der Waals surface area contributed by atoms with E-state index in [2.05, 4.69) is 16.3 Å². The maximum atomic E-state index is 12.6. The van der Waals surface area contributed by atoms with Gasteiger partial charge in [-0.05, 0) is 23.8 Å². The van der Waals surface area contributed by atoms with E-state index < -0.39 is 11.7 Å². The molecule has 2 nitrogen and oxygen atoms in total. The lowest BCUT2D eigenvalue weighted by Crippen LogP contribution is -2.07. The summed E-state index contributed by atoms with van der Waals surface area (Å²) < 4.78 is 37.7. The molecule has 0 fully saturated rings. The topological polar surface area (TPSA) is 28.7 Å². The molecule has 0 amide bonds. The Bertz CT molecular complexity index is 519. The molecular weight excluding hydrogens is 253 g/mol. The maximum Gasteiger partial charge on any atom is 0.419 e. The van der Waals surface area contributed by atoms with Gasteiger partial charge in [0.2, 0.25) is 0 Å². The van der Waals surface area contributed by atoms with Crippen LogP contribution in [-0.2, 0) is 12.6 Å². The Labute approximate surface area is 100 Å². The van der Waals surface area contributed by atoms with Gasteiger partial charge in [0, 0.05) is 17.6 Å². The maximum absolute atomic E-state index is 12.6. The molecule has 0 atom stereocenters. The molecule has 0 spiro atoms. The van der Waals surface area contributed by atoms with Gasteiger partial charge in [-0.15, -0.1) is 0 Å². The zero-order valence-corrected chi connectivity index (χ0v) is 9.23. The summed E-state index contributed by atoms with van der Waals surface area (Å²) in [6, 6.07) is 7.46. The van der Waals surface area contributed by atoms with Crippen molar-refractivity contribution >= 4 is 11.6 Å². The predicted molar refractivity (Wildman–Crippen MR) is 56.7 cm³/mol. The standard InChI is InChI=1S/C11H7ClF3N2/c12-8-3-1-2-7(4-8)5-10-9(6-16-17-10)11(13,14)15/h2-4,6H,5H2,(H,16,17). The van der Waals surface area contributed by atoms with Crippen molar-refractivity contribution in [3.05, 3.63) is 52.3 Å². The number of alkyl halides is 3. The molecule has 0 aliphatic carbocycles. The van der Waals surface area contributed by atoms with Gasteiger partial charge in [0.1, 0.15) is 0 Å². The van der Waals surface area contributed by atoms with E-state index in [0.29, 0.717) is 10.6 Å². The van der Waals surface area contributed by atoms with Crippen LogP contribution in [0.5, 0.6) is 0 Å². The monoisotopic (exact) mass is 259 g/mol. The zero-order valence-electron chi connectivity index (χ0n) is 8.48. The van der Waals surface area contributed by atoms with E-state index in [4.69, 9.17) is 11.6 Å². The van der Waals surface area contributed by atoms with E-state index >= 15 is 0 Å². The van der Waals surface area contributed by atoms with Crippen LogP contribution in [-0.4, -0.2) is 10.2 Å². The summed E-state index contributed by atoms with van der Waals surface area (Å²) in [5.74, 6) is 0.